The van der Waals surface area contributed by atoms with Crippen molar-refractivity contribution in [1.82, 2.24) is 10.6 Å². The minimum Gasteiger partial charge on any atom is -0.314 e. The number of halogens is 2. The standard InChI is InChI=1S/C10H13FN2.ClH/c11-9-3-1-8(2-4-9)10-7-12-5-6-13-10;/h1-4,10,12-13H,5-7H2;1H/t10-;/m1./s1. The predicted molar refractivity (Wildman–Crippen MR) is 57.3 cm³/mol. The highest BCUT2D eigenvalue weighted by Gasteiger charge is 2.13. The Hall–Kier alpha value is -0.640. The molecule has 2 nitrogen and oxygen atoms in total. The van der Waals surface area contributed by atoms with Crippen molar-refractivity contribution in [3.8, 4) is 0 Å². The molecule has 2 N–H and O–H groups in total. The van der Waals surface area contributed by atoms with E-state index in [0.29, 0.717) is 6.04 Å². The Morgan fingerprint density at radius 3 is 2.43 bits per heavy atom. The molecule has 0 radical (unpaired) electrons. The van der Waals surface area contributed by atoms with Gasteiger partial charge in [-0.3, -0.25) is 0 Å². The number of hydrogen-bond acceptors (Lipinski definition) is 2. The van der Waals surface area contributed by atoms with Crippen LogP contribution in [0.2, 0.25) is 0 Å². The summed E-state index contributed by atoms with van der Waals surface area (Å²) < 4.78 is 12.6. The van der Waals surface area contributed by atoms with Crippen molar-refractivity contribution in [2.75, 3.05) is 19.6 Å². The summed E-state index contributed by atoms with van der Waals surface area (Å²) in [6.07, 6.45) is 0. The monoisotopic (exact) mass is 216 g/mol. The van der Waals surface area contributed by atoms with E-state index in [4.69, 9.17) is 0 Å². The van der Waals surface area contributed by atoms with E-state index in [1.54, 1.807) is 0 Å². The molecule has 1 heterocycles. The average molecular weight is 217 g/mol. The fourth-order valence-corrected chi connectivity index (χ4v) is 1.58. The third-order valence-electron chi connectivity index (χ3n) is 2.31. The molecule has 1 aromatic carbocycles. The number of benzene rings is 1. The lowest BCUT2D eigenvalue weighted by Gasteiger charge is -2.24. The zero-order valence-electron chi connectivity index (χ0n) is 7.79. The van der Waals surface area contributed by atoms with Gasteiger partial charge in [0.25, 0.3) is 0 Å². The molecule has 14 heavy (non-hydrogen) atoms. The van der Waals surface area contributed by atoms with Crippen molar-refractivity contribution in [3.63, 3.8) is 0 Å². The Morgan fingerprint density at radius 2 is 1.86 bits per heavy atom. The first-order chi connectivity index (χ1) is 6.36. The first-order valence-electron chi connectivity index (χ1n) is 4.56. The zero-order valence-corrected chi connectivity index (χ0v) is 8.61. The van der Waals surface area contributed by atoms with Crippen LogP contribution in [0.5, 0.6) is 0 Å². The van der Waals surface area contributed by atoms with Crippen molar-refractivity contribution >= 4 is 12.4 Å². The zero-order chi connectivity index (χ0) is 9.10. The lowest BCUT2D eigenvalue weighted by molar-refractivity contribution is 0.430. The van der Waals surface area contributed by atoms with E-state index in [2.05, 4.69) is 10.6 Å². The van der Waals surface area contributed by atoms with E-state index in [1.807, 2.05) is 12.1 Å². The van der Waals surface area contributed by atoms with Gasteiger partial charge in [-0.05, 0) is 17.7 Å². The van der Waals surface area contributed by atoms with Gasteiger partial charge >= 0.3 is 0 Å². The lowest BCUT2D eigenvalue weighted by atomic mass is 10.1. The predicted octanol–water partition coefficient (Wildman–Crippen LogP) is 1.48. The van der Waals surface area contributed by atoms with Crippen LogP contribution in [-0.2, 0) is 0 Å². The molecule has 2 rings (SSSR count). The molecule has 4 heteroatoms. The van der Waals surface area contributed by atoms with E-state index in [1.165, 1.54) is 12.1 Å². The van der Waals surface area contributed by atoms with Gasteiger partial charge in [-0.2, -0.15) is 0 Å². The molecule has 0 saturated carbocycles. The van der Waals surface area contributed by atoms with E-state index in [0.717, 1.165) is 25.2 Å². The summed E-state index contributed by atoms with van der Waals surface area (Å²) in [5, 5.41) is 6.66. The molecule has 1 atom stereocenters. The normalized spacial score (nSPS) is 21.4. The van der Waals surface area contributed by atoms with Crippen molar-refractivity contribution in [1.29, 1.82) is 0 Å². The summed E-state index contributed by atoms with van der Waals surface area (Å²) in [7, 11) is 0. The van der Waals surface area contributed by atoms with Crippen LogP contribution < -0.4 is 10.6 Å². The number of piperazine rings is 1. The highest BCUT2D eigenvalue weighted by atomic mass is 35.5. The Labute approximate surface area is 89.3 Å². The van der Waals surface area contributed by atoms with Crippen molar-refractivity contribution in [2.24, 2.45) is 0 Å². The summed E-state index contributed by atoms with van der Waals surface area (Å²) in [6.45, 7) is 2.91. The maximum absolute atomic E-state index is 12.6. The summed E-state index contributed by atoms with van der Waals surface area (Å²) in [5.41, 5.74) is 1.15. The second kappa shape index (κ2) is 5.29. The molecule has 0 spiro atoms. The average Bonchev–Trinajstić information content (AvgIpc) is 2.20. The molecule has 78 valence electrons. The highest BCUT2D eigenvalue weighted by molar-refractivity contribution is 5.85. The minimum atomic E-state index is -0.174. The fourth-order valence-electron chi connectivity index (χ4n) is 1.58. The molecular weight excluding hydrogens is 203 g/mol. The molecule has 0 unspecified atom stereocenters. The van der Waals surface area contributed by atoms with Gasteiger partial charge in [0.1, 0.15) is 5.82 Å². The van der Waals surface area contributed by atoms with Gasteiger partial charge in [-0.1, -0.05) is 12.1 Å². The van der Waals surface area contributed by atoms with E-state index in [-0.39, 0.29) is 18.2 Å². The lowest BCUT2D eigenvalue weighted by Crippen LogP contribution is -2.42. The molecule has 0 bridgehead atoms. The Bertz CT molecular complexity index is 270. The topological polar surface area (TPSA) is 24.1 Å². The quantitative estimate of drug-likeness (QED) is 0.743. The highest BCUT2D eigenvalue weighted by Crippen LogP contribution is 2.13. The second-order valence-corrected chi connectivity index (χ2v) is 3.26. The van der Waals surface area contributed by atoms with Crippen LogP contribution in [0.15, 0.2) is 24.3 Å². The summed E-state index contributed by atoms with van der Waals surface area (Å²) in [5.74, 6) is -0.174. The van der Waals surface area contributed by atoms with Crippen molar-refractivity contribution in [3.05, 3.63) is 35.6 Å². The van der Waals surface area contributed by atoms with Gasteiger partial charge in [0.05, 0.1) is 0 Å². The molecule has 1 aromatic rings. The maximum Gasteiger partial charge on any atom is 0.123 e. The van der Waals surface area contributed by atoms with Gasteiger partial charge in [-0.25, -0.2) is 4.39 Å². The first kappa shape index (κ1) is 11.4. The number of hydrogen-bond donors (Lipinski definition) is 2. The largest absolute Gasteiger partial charge is 0.314 e. The maximum atomic E-state index is 12.6. The van der Waals surface area contributed by atoms with Gasteiger partial charge in [0.2, 0.25) is 0 Å². The van der Waals surface area contributed by atoms with E-state index >= 15 is 0 Å². The molecule has 1 aliphatic heterocycles. The second-order valence-electron chi connectivity index (χ2n) is 3.26. The van der Waals surface area contributed by atoms with Crippen LogP contribution in [0.1, 0.15) is 11.6 Å². The molecule has 1 fully saturated rings. The van der Waals surface area contributed by atoms with Crippen LogP contribution in [0.4, 0.5) is 4.39 Å². The molecule has 0 aliphatic carbocycles. The third kappa shape index (κ3) is 2.67. The first-order valence-corrected chi connectivity index (χ1v) is 4.56. The Morgan fingerprint density at radius 1 is 1.14 bits per heavy atom. The Balaban J connectivity index is 0.000000980. The van der Waals surface area contributed by atoms with Crippen LogP contribution >= 0.6 is 12.4 Å². The summed E-state index contributed by atoms with van der Waals surface area (Å²) in [6, 6.07) is 7.01. The van der Waals surface area contributed by atoms with Crippen LogP contribution in [-0.4, -0.2) is 19.6 Å². The van der Waals surface area contributed by atoms with Crippen LogP contribution in [0, 0.1) is 5.82 Å². The number of rotatable bonds is 1. The van der Waals surface area contributed by atoms with E-state index < -0.39 is 0 Å². The summed E-state index contributed by atoms with van der Waals surface area (Å²) >= 11 is 0. The summed E-state index contributed by atoms with van der Waals surface area (Å²) in [4.78, 5) is 0. The SMILES string of the molecule is Cl.Fc1ccc([C@H]2CNCCN2)cc1. The van der Waals surface area contributed by atoms with Gasteiger partial charge < -0.3 is 10.6 Å². The number of nitrogens with one attached hydrogen (secondary N) is 2. The fraction of sp³-hybridized carbons (Fsp3) is 0.400. The van der Waals surface area contributed by atoms with Crippen LogP contribution in [0.25, 0.3) is 0 Å². The smallest absolute Gasteiger partial charge is 0.123 e. The molecule has 0 amide bonds. The van der Waals surface area contributed by atoms with Gasteiger partial charge in [0, 0.05) is 25.7 Å². The third-order valence-corrected chi connectivity index (χ3v) is 2.31. The van der Waals surface area contributed by atoms with Crippen LogP contribution in [0.3, 0.4) is 0 Å². The molecule has 0 aromatic heterocycles. The van der Waals surface area contributed by atoms with Gasteiger partial charge in [-0.15, -0.1) is 12.4 Å². The van der Waals surface area contributed by atoms with Crippen molar-refractivity contribution in [2.45, 2.75) is 6.04 Å². The molecule has 1 saturated heterocycles. The molecular formula is C10H14ClFN2. The Kier molecular flexibility index (Phi) is 4.32. The van der Waals surface area contributed by atoms with Gasteiger partial charge in [0.15, 0.2) is 0 Å². The molecule has 1 aliphatic rings. The van der Waals surface area contributed by atoms with Crippen molar-refractivity contribution < 1.29 is 4.39 Å². The minimum absolute atomic E-state index is 0. The van der Waals surface area contributed by atoms with E-state index in [9.17, 15) is 4.39 Å².